The number of rotatable bonds is 7. The Kier molecular flexibility index (Phi) is 6.52. The molecule has 1 unspecified atom stereocenters. The van der Waals surface area contributed by atoms with E-state index in [-0.39, 0.29) is 11.9 Å². The van der Waals surface area contributed by atoms with Gasteiger partial charge in [-0.1, -0.05) is 6.92 Å². The SMILES string of the molecule is CCC(C)NC(=O)CCNCC(C)(C)O. The van der Waals surface area contributed by atoms with Crippen LogP contribution in [0.15, 0.2) is 0 Å². The van der Waals surface area contributed by atoms with Crippen molar-refractivity contribution in [2.75, 3.05) is 13.1 Å². The normalized spacial score (nSPS) is 13.7. The molecule has 0 saturated carbocycles. The fourth-order valence-electron chi connectivity index (χ4n) is 1.05. The van der Waals surface area contributed by atoms with Crippen molar-refractivity contribution >= 4 is 5.91 Å². The lowest BCUT2D eigenvalue weighted by molar-refractivity contribution is -0.121. The zero-order valence-electron chi connectivity index (χ0n) is 10.3. The molecule has 0 saturated heterocycles. The average molecular weight is 216 g/mol. The van der Waals surface area contributed by atoms with Crippen LogP contribution in [0.25, 0.3) is 0 Å². The lowest BCUT2D eigenvalue weighted by atomic mass is 10.1. The third-order valence-corrected chi connectivity index (χ3v) is 2.11. The summed E-state index contributed by atoms with van der Waals surface area (Å²) in [7, 11) is 0. The van der Waals surface area contributed by atoms with Crippen LogP contribution in [-0.2, 0) is 4.79 Å². The maximum absolute atomic E-state index is 11.3. The summed E-state index contributed by atoms with van der Waals surface area (Å²) < 4.78 is 0. The molecule has 0 aromatic rings. The molecule has 1 atom stereocenters. The summed E-state index contributed by atoms with van der Waals surface area (Å²) in [6.07, 6.45) is 1.41. The minimum Gasteiger partial charge on any atom is -0.389 e. The van der Waals surface area contributed by atoms with E-state index in [2.05, 4.69) is 10.6 Å². The van der Waals surface area contributed by atoms with Gasteiger partial charge in [0.05, 0.1) is 5.60 Å². The van der Waals surface area contributed by atoms with Gasteiger partial charge >= 0.3 is 0 Å². The minimum absolute atomic E-state index is 0.0626. The monoisotopic (exact) mass is 216 g/mol. The van der Waals surface area contributed by atoms with E-state index >= 15 is 0 Å². The molecule has 0 heterocycles. The number of carbonyl (C=O) groups is 1. The van der Waals surface area contributed by atoms with Gasteiger partial charge in [0.15, 0.2) is 0 Å². The molecule has 3 N–H and O–H groups in total. The van der Waals surface area contributed by atoms with Crippen molar-refractivity contribution in [3.8, 4) is 0 Å². The van der Waals surface area contributed by atoms with Gasteiger partial charge in [-0.15, -0.1) is 0 Å². The van der Waals surface area contributed by atoms with Gasteiger partial charge in [0, 0.05) is 25.6 Å². The highest BCUT2D eigenvalue weighted by Gasteiger charge is 2.11. The summed E-state index contributed by atoms with van der Waals surface area (Å²) in [6.45, 7) is 8.61. The third kappa shape index (κ3) is 9.69. The van der Waals surface area contributed by atoms with E-state index in [9.17, 15) is 9.90 Å². The molecule has 0 spiro atoms. The highest BCUT2D eigenvalue weighted by atomic mass is 16.3. The Balaban J connectivity index is 3.48. The Hall–Kier alpha value is -0.610. The molecule has 0 aromatic heterocycles. The number of hydrogen-bond donors (Lipinski definition) is 3. The second kappa shape index (κ2) is 6.80. The van der Waals surface area contributed by atoms with Gasteiger partial charge in [-0.25, -0.2) is 0 Å². The molecule has 4 nitrogen and oxygen atoms in total. The maximum atomic E-state index is 11.3. The van der Waals surface area contributed by atoms with Crippen LogP contribution in [-0.4, -0.2) is 35.7 Å². The lowest BCUT2D eigenvalue weighted by Gasteiger charge is -2.17. The number of nitrogens with one attached hydrogen (secondary N) is 2. The van der Waals surface area contributed by atoms with Crippen LogP contribution in [0.2, 0.25) is 0 Å². The van der Waals surface area contributed by atoms with Crippen molar-refractivity contribution in [1.82, 2.24) is 10.6 Å². The molecule has 0 fully saturated rings. The maximum Gasteiger partial charge on any atom is 0.221 e. The molecule has 1 amide bonds. The van der Waals surface area contributed by atoms with Crippen LogP contribution in [0, 0.1) is 0 Å². The second-order valence-corrected chi connectivity index (χ2v) is 4.62. The standard InChI is InChI=1S/C11H24N2O2/c1-5-9(2)13-10(14)6-7-12-8-11(3,4)15/h9,12,15H,5-8H2,1-4H3,(H,13,14). The van der Waals surface area contributed by atoms with Gasteiger partial charge in [-0.2, -0.15) is 0 Å². The lowest BCUT2D eigenvalue weighted by Crippen LogP contribution is -2.38. The summed E-state index contributed by atoms with van der Waals surface area (Å²) in [5, 5.41) is 15.3. The quantitative estimate of drug-likeness (QED) is 0.548. The summed E-state index contributed by atoms with van der Waals surface area (Å²) in [5.74, 6) is 0.0626. The van der Waals surface area contributed by atoms with Crippen molar-refractivity contribution in [2.45, 2.75) is 52.2 Å². The number of hydrogen-bond acceptors (Lipinski definition) is 3. The first-order valence-corrected chi connectivity index (χ1v) is 5.57. The molecule has 4 heteroatoms. The smallest absolute Gasteiger partial charge is 0.221 e. The van der Waals surface area contributed by atoms with Crippen molar-refractivity contribution in [3.63, 3.8) is 0 Å². The first kappa shape index (κ1) is 14.4. The number of amides is 1. The topological polar surface area (TPSA) is 61.4 Å². The zero-order chi connectivity index (χ0) is 11.9. The van der Waals surface area contributed by atoms with E-state index < -0.39 is 5.60 Å². The average Bonchev–Trinajstić information content (AvgIpc) is 2.11. The molecule has 0 aliphatic rings. The van der Waals surface area contributed by atoms with E-state index in [4.69, 9.17) is 0 Å². The predicted molar refractivity (Wildman–Crippen MR) is 61.7 cm³/mol. The molecule has 15 heavy (non-hydrogen) atoms. The minimum atomic E-state index is -0.715. The first-order valence-electron chi connectivity index (χ1n) is 5.57. The first-order chi connectivity index (χ1) is 6.85. The summed E-state index contributed by atoms with van der Waals surface area (Å²) >= 11 is 0. The molecule has 0 radical (unpaired) electrons. The zero-order valence-corrected chi connectivity index (χ0v) is 10.3. The van der Waals surface area contributed by atoms with Gasteiger partial charge in [-0.3, -0.25) is 4.79 Å². The van der Waals surface area contributed by atoms with Crippen LogP contribution >= 0.6 is 0 Å². The largest absolute Gasteiger partial charge is 0.389 e. The molecule has 90 valence electrons. The fraction of sp³-hybridized carbons (Fsp3) is 0.909. The summed E-state index contributed by atoms with van der Waals surface area (Å²) in [6, 6.07) is 0.242. The van der Waals surface area contributed by atoms with Gasteiger partial charge in [0.2, 0.25) is 5.91 Å². The Morgan fingerprint density at radius 2 is 2.07 bits per heavy atom. The fourth-order valence-corrected chi connectivity index (χ4v) is 1.05. The molecular weight excluding hydrogens is 192 g/mol. The second-order valence-electron chi connectivity index (χ2n) is 4.62. The third-order valence-electron chi connectivity index (χ3n) is 2.11. The Morgan fingerprint density at radius 3 is 2.53 bits per heavy atom. The molecule has 0 rings (SSSR count). The van der Waals surface area contributed by atoms with Gasteiger partial charge in [-0.05, 0) is 27.2 Å². The van der Waals surface area contributed by atoms with Crippen molar-refractivity contribution in [1.29, 1.82) is 0 Å². The van der Waals surface area contributed by atoms with Crippen molar-refractivity contribution in [2.24, 2.45) is 0 Å². The number of carbonyl (C=O) groups excluding carboxylic acids is 1. The van der Waals surface area contributed by atoms with Crippen LogP contribution in [0.5, 0.6) is 0 Å². The highest BCUT2D eigenvalue weighted by molar-refractivity contribution is 5.76. The van der Waals surface area contributed by atoms with Crippen molar-refractivity contribution in [3.05, 3.63) is 0 Å². The van der Waals surface area contributed by atoms with Gasteiger partial charge in [0.25, 0.3) is 0 Å². The Bertz CT molecular complexity index is 188. The highest BCUT2D eigenvalue weighted by Crippen LogP contribution is 1.97. The van der Waals surface area contributed by atoms with Crippen LogP contribution in [0.1, 0.15) is 40.5 Å². The van der Waals surface area contributed by atoms with E-state index in [0.717, 1.165) is 6.42 Å². The van der Waals surface area contributed by atoms with E-state index in [0.29, 0.717) is 19.5 Å². The molecular formula is C11H24N2O2. The van der Waals surface area contributed by atoms with Gasteiger partial charge in [0.1, 0.15) is 0 Å². The molecule has 0 aliphatic carbocycles. The molecule has 0 bridgehead atoms. The van der Waals surface area contributed by atoms with Gasteiger partial charge < -0.3 is 15.7 Å². The molecule has 0 aromatic carbocycles. The Labute approximate surface area is 92.4 Å². The number of aliphatic hydroxyl groups is 1. The van der Waals surface area contributed by atoms with Crippen molar-refractivity contribution < 1.29 is 9.90 Å². The molecule has 0 aliphatic heterocycles. The van der Waals surface area contributed by atoms with Crippen LogP contribution in [0.3, 0.4) is 0 Å². The van der Waals surface area contributed by atoms with E-state index in [1.165, 1.54) is 0 Å². The Morgan fingerprint density at radius 1 is 1.47 bits per heavy atom. The predicted octanol–water partition coefficient (Wildman–Crippen LogP) is 0.652. The summed E-state index contributed by atoms with van der Waals surface area (Å²) in [4.78, 5) is 11.3. The van der Waals surface area contributed by atoms with Crippen LogP contribution in [0.4, 0.5) is 0 Å². The van der Waals surface area contributed by atoms with Crippen LogP contribution < -0.4 is 10.6 Å². The van der Waals surface area contributed by atoms with E-state index in [1.807, 2.05) is 13.8 Å². The van der Waals surface area contributed by atoms with E-state index in [1.54, 1.807) is 13.8 Å². The summed E-state index contributed by atoms with van der Waals surface area (Å²) in [5.41, 5.74) is -0.715.